The molecule has 192 valence electrons. The highest BCUT2D eigenvalue weighted by Gasteiger charge is 2.20. The standard InChI is InChI=1S/C33H28N4S2/c1-16(2)32-34-26-20-8-6-18(14-24(20)30-22(10-12-38-30)27(26)35-32)19-7-9-21-25(15-19)31-23(11-13-39-31)28-29(21)37(5)33(36-28)17(3)4/h6-17H,1-5H3,(H,34,35). The molecule has 4 heterocycles. The van der Waals surface area contributed by atoms with Crippen molar-refractivity contribution >= 4 is 86.5 Å². The van der Waals surface area contributed by atoms with Gasteiger partial charge in [0.1, 0.15) is 11.6 Å². The number of benzene rings is 4. The lowest BCUT2D eigenvalue weighted by Crippen LogP contribution is -1.99. The summed E-state index contributed by atoms with van der Waals surface area (Å²) in [5.41, 5.74) is 7.05. The topological polar surface area (TPSA) is 46.5 Å². The van der Waals surface area contributed by atoms with Gasteiger partial charge in [0.2, 0.25) is 0 Å². The minimum Gasteiger partial charge on any atom is -0.341 e. The number of H-pyrrole nitrogens is 1. The first-order chi connectivity index (χ1) is 18.9. The lowest BCUT2D eigenvalue weighted by atomic mass is 9.96. The molecular weight excluding hydrogens is 517 g/mol. The van der Waals surface area contributed by atoms with Gasteiger partial charge in [-0.15, -0.1) is 22.7 Å². The maximum absolute atomic E-state index is 5.10. The van der Waals surface area contributed by atoms with Gasteiger partial charge in [0.25, 0.3) is 0 Å². The zero-order valence-electron chi connectivity index (χ0n) is 22.6. The molecule has 0 atom stereocenters. The monoisotopic (exact) mass is 544 g/mol. The number of nitrogens with one attached hydrogen (secondary N) is 1. The zero-order valence-corrected chi connectivity index (χ0v) is 24.2. The van der Waals surface area contributed by atoms with Gasteiger partial charge in [0.05, 0.1) is 22.1 Å². The molecule has 39 heavy (non-hydrogen) atoms. The second kappa shape index (κ2) is 8.13. The van der Waals surface area contributed by atoms with Crippen molar-refractivity contribution in [2.24, 2.45) is 7.05 Å². The summed E-state index contributed by atoms with van der Waals surface area (Å²) in [6.45, 7) is 8.82. The number of fused-ring (bicyclic) bond motifs is 12. The Bertz CT molecular complexity index is 2250. The van der Waals surface area contributed by atoms with Gasteiger partial charge in [-0.2, -0.15) is 0 Å². The molecule has 8 aromatic rings. The Morgan fingerprint density at radius 1 is 0.667 bits per heavy atom. The minimum absolute atomic E-state index is 0.356. The van der Waals surface area contributed by atoms with Crippen LogP contribution in [-0.2, 0) is 7.05 Å². The van der Waals surface area contributed by atoms with Crippen LogP contribution in [0.15, 0.2) is 59.3 Å². The molecule has 0 saturated heterocycles. The maximum atomic E-state index is 5.10. The van der Waals surface area contributed by atoms with Crippen molar-refractivity contribution in [3.63, 3.8) is 0 Å². The highest BCUT2D eigenvalue weighted by atomic mass is 32.1. The van der Waals surface area contributed by atoms with Crippen LogP contribution >= 0.6 is 22.7 Å². The first-order valence-corrected chi connectivity index (χ1v) is 15.3. The number of aromatic nitrogens is 4. The van der Waals surface area contributed by atoms with E-state index in [0.717, 1.165) is 28.2 Å². The Balaban J connectivity index is 1.40. The van der Waals surface area contributed by atoms with Crippen molar-refractivity contribution in [2.75, 3.05) is 0 Å². The van der Waals surface area contributed by atoms with Crippen LogP contribution in [0.25, 0.3) is 74.9 Å². The number of rotatable bonds is 3. The van der Waals surface area contributed by atoms with Crippen LogP contribution in [0.5, 0.6) is 0 Å². The molecule has 0 fully saturated rings. The van der Waals surface area contributed by atoms with Crippen molar-refractivity contribution < 1.29 is 0 Å². The van der Waals surface area contributed by atoms with Gasteiger partial charge in [-0.25, -0.2) is 9.97 Å². The summed E-state index contributed by atoms with van der Waals surface area (Å²) in [4.78, 5) is 13.7. The fraction of sp³-hybridized carbons (Fsp3) is 0.212. The van der Waals surface area contributed by atoms with Crippen molar-refractivity contribution in [1.82, 2.24) is 19.5 Å². The van der Waals surface area contributed by atoms with E-state index in [1.807, 2.05) is 11.3 Å². The first kappa shape index (κ1) is 23.2. The largest absolute Gasteiger partial charge is 0.341 e. The molecule has 0 spiro atoms. The molecule has 4 nitrogen and oxygen atoms in total. The van der Waals surface area contributed by atoms with Crippen LogP contribution in [0.3, 0.4) is 0 Å². The average molecular weight is 545 g/mol. The zero-order chi connectivity index (χ0) is 26.6. The number of hydrogen-bond donors (Lipinski definition) is 1. The molecule has 0 unspecified atom stereocenters. The van der Waals surface area contributed by atoms with E-state index in [0.29, 0.717) is 11.8 Å². The van der Waals surface area contributed by atoms with Gasteiger partial charge in [0, 0.05) is 60.6 Å². The summed E-state index contributed by atoms with van der Waals surface area (Å²) in [7, 11) is 2.16. The summed E-state index contributed by atoms with van der Waals surface area (Å²) in [5, 5.41) is 12.0. The van der Waals surface area contributed by atoms with E-state index in [4.69, 9.17) is 9.97 Å². The average Bonchev–Trinajstić information content (AvgIpc) is 3.72. The van der Waals surface area contributed by atoms with E-state index >= 15 is 0 Å². The third-order valence-electron chi connectivity index (χ3n) is 8.14. The van der Waals surface area contributed by atoms with E-state index in [-0.39, 0.29) is 0 Å². The van der Waals surface area contributed by atoms with Gasteiger partial charge < -0.3 is 9.55 Å². The molecule has 0 aliphatic carbocycles. The highest BCUT2D eigenvalue weighted by Crippen LogP contribution is 2.42. The SMILES string of the molecule is CC(C)c1nc2c3ccsc3c3cc(-c4ccc5c(c4)c4sccc4c4nc(C(C)C)n(C)c54)ccc3c2[nH]1. The molecule has 4 aromatic carbocycles. The van der Waals surface area contributed by atoms with Crippen molar-refractivity contribution in [3.05, 3.63) is 70.9 Å². The molecule has 0 amide bonds. The summed E-state index contributed by atoms with van der Waals surface area (Å²) in [6.07, 6.45) is 0. The highest BCUT2D eigenvalue weighted by molar-refractivity contribution is 7.18. The second-order valence-electron chi connectivity index (χ2n) is 11.2. The maximum Gasteiger partial charge on any atom is 0.112 e. The van der Waals surface area contributed by atoms with Crippen LogP contribution in [-0.4, -0.2) is 19.5 Å². The van der Waals surface area contributed by atoms with Crippen LogP contribution in [0.4, 0.5) is 0 Å². The summed E-state index contributed by atoms with van der Waals surface area (Å²) in [5.74, 6) is 2.91. The number of aromatic amines is 1. The molecular formula is C33H28N4S2. The normalized spacial score (nSPS) is 12.7. The molecule has 0 bridgehead atoms. The van der Waals surface area contributed by atoms with Crippen molar-refractivity contribution in [1.29, 1.82) is 0 Å². The Hall–Kier alpha value is -3.74. The van der Waals surface area contributed by atoms with Gasteiger partial charge in [0.15, 0.2) is 0 Å². The van der Waals surface area contributed by atoms with Crippen LogP contribution < -0.4 is 0 Å². The molecule has 6 heteroatoms. The third kappa shape index (κ3) is 3.16. The molecule has 0 aliphatic heterocycles. The molecule has 1 N–H and O–H groups in total. The molecule has 0 saturated carbocycles. The molecule has 8 rings (SSSR count). The van der Waals surface area contributed by atoms with Gasteiger partial charge >= 0.3 is 0 Å². The lowest BCUT2D eigenvalue weighted by Gasteiger charge is -2.10. The van der Waals surface area contributed by atoms with Gasteiger partial charge in [-0.3, -0.25) is 0 Å². The van der Waals surface area contributed by atoms with Crippen molar-refractivity contribution in [2.45, 2.75) is 39.5 Å². The van der Waals surface area contributed by atoms with Crippen LogP contribution in [0, 0.1) is 0 Å². The number of thiophene rings is 2. The number of nitrogens with zero attached hydrogens (tertiary/aromatic N) is 3. The smallest absolute Gasteiger partial charge is 0.112 e. The first-order valence-electron chi connectivity index (χ1n) is 13.5. The third-order valence-corrected chi connectivity index (χ3v) is 10.0. The molecule has 0 radical (unpaired) electrons. The minimum atomic E-state index is 0.356. The van der Waals surface area contributed by atoms with Crippen LogP contribution in [0.1, 0.15) is 51.2 Å². The Morgan fingerprint density at radius 3 is 1.92 bits per heavy atom. The quantitative estimate of drug-likeness (QED) is 0.240. The van der Waals surface area contributed by atoms with E-state index in [9.17, 15) is 0 Å². The number of imidazole rings is 2. The summed E-state index contributed by atoms with van der Waals surface area (Å²) < 4.78 is 4.92. The Labute approximate surface area is 233 Å². The summed E-state index contributed by atoms with van der Waals surface area (Å²) in [6, 6.07) is 18.3. The molecule has 0 aliphatic rings. The predicted octanol–water partition coefficient (Wildman–Crippen LogP) is 10.1. The van der Waals surface area contributed by atoms with E-state index in [2.05, 4.69) is 104 Å². The second-order valence-corrected chi connectivity index (χ2v) is 13.1. The Morgan fingerprint density at radius 2 is 1.28 bits per heavy atom. The van der Waals surface area contributed by atoms with Crippen LogP contribution in [0.2, 0.25) is 0 Å². The fourth-order valence-corrected chi connectivity index (χ4v) is 8.10. The molecule has 4 aromatic heterocycles. The summed E-state index contributed by atoms with van der Waals surface area (Å²) >= 11 is 3.62. The van der Waals surface area contributed by atoms with Crippen molar-refractivity contribution in [3.8, 4) is 11.1 Å². The van der Waals surface area contributed by atoms with E-state index in [1.54, 1.807) is 11.3 Å². The van der Waals surface area contributed by atoms with E-state index in [1.165, 1.54) is 58.4 Å². The fourth-order valence-electron chi connectivity index (χ4n) is 6.24. The van der Waals surface area contributed by atoms with Gasteiger partial charge in [-0.05, 0) is 46.2 Å². The number of aryl methyl sites for hydroxylation is 1. The number of hydrogen-bond acceptors (Lipinski definition) is 4. The predicted molar refractivity (Wildman–Crippen MR) is 170 cm³/mol. The van der Waals surface area contributed by atoms with E-state index < -0.39 is 0 Å². The Kier molecular flexibility index (Phi) is 4.83. The lowest BCUT2D eigenvalue weighted by molar-refractivity contribution is 0.723. The van der Waals surface area contributed by atoms with Gasteiger partial charge in [-0.1, -0.05) is 52.0 Å².